The summed E-state index contributed by atoms with van der Waals surface area (Å²) in [5, 5.41) is -0.351. The van der Waals surface area contributed by atoms with Crippen molar-refractivity contribution < 1.29 is 9.13 Å². The quantitative estimate of drug-likeness (QED) is 0.706. The molecule has 0 fully saturated rings. The molecule has 0 aliphatic rings. The van der Waals surface area contributed by atoms with Crippen LogP contribution in [0.2, 0.25) is 0 Å². The number of alkyl halides is 1. The van der Waals surface area contributed by atoms with Crippen molar-refractivity contribution in [3.8, 4) is 5.75 Å². The van der Waals surface area contributed by atoms with Crippen molar-refractivity contribution in [2.45, 2.75) is 26.1 Å². The maximum Gasteiger partial charge on any atom is 0.129 e. The Kier molecular flexibility index (Phi) is 4.66. The second kappa shape index (κ2) is 6.27. The van der Waals surface area contributed by atoms with E-state index in [-0.39, 0.29) is 11.2 Å². The zero-order valence-electron chi connectivity index (χ0n) is 11.9. The monoisotopic (exact) mass is 292 g/mol. The molecule has 2 rings (SSSR count). The summed E-state index contributed by atoms with van der Waals surface area (Å²) >= 11 is 6.57. The molecule has 0 N–H and O–H groups in total. The van der Waals surface area contributed by atoms with Crippen molar-refractivity contribution in [1.82, 2.24) is 0 Å². The smallest absolute Gasteiger partial charge is 0.129 e. The highest BCUT2D eigenvalue weighted by atomic mass is 35.5. The van der Waals surface area contributed by atoms with Gasteiger partial charge in [0.05, 0.1) is 12.0 Å². The molecule has 0 spiro atoms. The molecule has 2 aromatic carbocycles. The number of ether oxygens (including phenoxy) is 1. The first-order valence-corrected chi connectivity index (χ1v) is 7.10. The largest absolute Gasteiger partial charge is 0.494 e. The topological polar surface area (TPSA) is 9.23 Å². The lowest BCUT2D eigenvalue weighted by molar-refractivity contribution is 0.337. The number of aryl methyl sites for hydroxylation is 2. The predicted molar refractivity (Wildman–Crippen MR) is 81.2 cm³/mol. The van der Waals surface area contributed by atoms with Crippen molar-refractivity contribution in [3.63, 3.8) is 0 Å². The standard InChI is InChI=1S/C17H18ClFO/c1-4-20-15-8-6-5-7-14(15)16(18)13-9-11(2)17(19)12(3)10-13/h5-10,16H,4H2,1-3H3. The molecule has 1 atom stereocenters. The van der Waals surface area contributed by atoms with Gasteiger partial charge in [-0.3, -0.25) is 0 Å². The highest BCUT2D eigenvalue weighted by Gasteiger charge is 2.17. The highest BCUT2D eigenvalue weighted by molar-refractivity contribution is 6.22. The molecule has 0 saturated heterocycles. The second-order valence-electron chi connectivity index (χ2n) is 4.80. The predicted octanol–water partition coefficient (Wildman–Crippen LogP) is 5.17. The molecule has 0 aliphatic heterocycles. The minimum atomic E-state index is -0.351. The molecule has 0 radical (unpaired) electrons. The van der Waals surface area contributed by atoms with Gasteiger partial charge in [-0.25, -0.2) is 4.39 Å². The van der Waals surface area contributed by atoms with Crippen LogP contribution in [0, 0.1) is 19.7 Å². The summed E-state index contributed by atoms with van der Waals surface area (Å²) in [5.74, 6) is 0.602. The molecule has 20 heavy (non-hydrogen) atoms. The van der Waals surface area contributed by atoms with Crippen LogP contribution in [-0.2, 0) is 0 Å². The summed E-state index contributed by atoms with van der Waals surface area (Å²) in [6, 6.07) is 11.3. The molecule has 1 nitrogen and oxygen atoms in total. The minimum Gasteiger partial charge on any atom is -0.494 e. The average molecular weight is 293 g/mol. The van der Waals surface area contributed by atoms with Crippen molar-refractivity contribution >= 4 is 11.6 Å². The van der Waals surface area contributed by atoms with E-state index in [2.05, 4.69) is 0 Å². The van der Waals surface area contributed by atoms with E-state index < -0.39 is 0 Å². The van der Waals surface area contributed by atoms with Crippen LogP contribution in [0.1, 0.15) is 34.6 Å². The molecule has 3 heteroatoms. The van der Waals surface area contributed by atoms with Gasteiger partial charge >= 0.3 is 0 Å². The average Bonchev–Trinajstić information content (AvgIpc) is 2.44. The Morgan fingerprint density at radius 2 is 1.75 bits per heavy atom. The third kappa shape index (κ3) is 2.96. The lowest BCUT2D eigenvalue weighted by atomic mass is 9.99. The van der Waals surface area contributed by atoms with Gasteiger partial charge in [0.1, 0.15) is 11.6 Å². The van der Waals surface area contributed by atoms with Crippen LogP contribution in [-0.4, -0.2) is 6.61 Å². The minimum absolute atomic E-state index is 0.171. The maximum atomic E-state index is 13.7. The summed E-state index contributed by atoms with van der Waals surface area (Å²) in [5.41, 5.74) is 3.01. The van der Waals surface area contributed by atoms with Gasteiger partial charge in [0.2, 0.25) is 0 Å². The van der Waals surface area contributed by atoms with Crippen LogP contribution in [0.25, 0.3) is 0 Å². The van der Waals surface area contributed by atoms with Gasteiger partial charge in [0.15, 0.2) is 0 Å². The van der Waals surface area contributed by atoms with Crippen LogP contribution in [0.3, 0.4) is 0 Å². The molecule has 2 aromatic rings. The van der Waals surface area contributed by atoms with Gasteiger partial charge in [-0.1, -0.05) is 30.3 Å². The first kappa shape index (κ1) is 14.9. The van der Waals surface area contributed by atoms with E-state index in [1.165, 1.54) is 0 Å². The van der Waals surface area contributed by atoms with Crippen LogP contribution in [0.4, 0.5) is 4.39 Å². The lowest BCUT2D eigenvalue weighted by Crippen LogP contribution is -2.01. The maximum absolute atomic E-state index is 13.7. The van der Waals surface area contributed by atoms with E-state index >= 15 is 0 Å². The Bertz CT molecular complexity index is 587. The van der Waals surface area contributed by atoms with Crippen molar-refractivity contribution in [2.24, 2.45) is 0 Å². The van der Waals surface area contributed by atoms with E-state index in [0.717, 1.165) is 16.9 Å². The number of para-hydroxylation sites is 1. The molecule has 106 valence electrons. The number of hydrogen-bond donors (Lipinski definition) is 0. The van der Waals surface area contributed by atoms with Crippen LogP contribution in [0.15, 0.2) is 36.4 Å². The third-order valence-electron chi connectivity index (χ3n) is 3.24. The molecule has 1 unspecified atom stereocenters. The second-order valence-corrected chi connectivity index (χ2v) is 5.24. The lowest BCUT2D eigenvalue weighted by Gasteiger charge is -2.16. The fourth-order valence-corrected chi connectivity index (χ4v) is 2.59. The molecule has 0 amide bonds. The summed E-state index contributed by atoms with van der Waals surface area (Å²) in [4.78, 5) is 0. The van der Waals surface area contributed by atoms with Crippen LogP contribution in [0.5, 0.6) is 5.75 Å². The Balaban J connectivity index is 2.43. The van der Waals surface area contributed by atoms with E-state index in [1.807, 2.05) is 31.2 Å². The fourth-order valence-electron chi connectivity index (χ4n) is 2.28. The Hall–Kier alpha value is -1.54. The number of halogens is 2. The van der Waals surface area contributed by atoms with E-state index in [9.17, 15) is 4.39 Å². The Morgan fingerprint density at radius 1 is 1.15 bits per heavy atom. The van der Waals surface area contributed by atoms with Crippen molar-refractivity contribution in [1.29, 1.82) is 0 Å². The SMILES string of the molecule is CCOc1ccccc1C(Cl)c1cc(C)c(F)c(C)c1. The Labute approximate surface area is 124 Å². The number of hydrogen-bond acceptors (Lipinski definition) is 1. The van der Waals surface area contributed by atoms with Gasteiger partial charge in [0.25, 0.3) is 0 Å². The van der Waals surface area contributed by atoms with Gasteiger partial charge in [-0.05, 0) is 43.5 Å². The molecule has 0 saturated carbocycles. The molecule has 0 bridgehead atoms. The number of rotatable bonds is 4. The summed E-state index contributed by atoms with van der Waals surface area (Å²) in [6.45, 7) is 6.03. The zero-order valence-corrected chi connectivity index (χ0v) is 12.7. The van der Waals surface area contributed by atoms with E-state index in [4.69, 9.17) is 16.3 Å². The van der Waals surface area contributed by atoms with Gasteiger partial charge in [-0.2, -0.15) is 0 Å². The first-order valence-electron chi connectivity index (χ1n) is 6.67. The van der Waals surface area contributed by atoms with Gasteiger partial charge in [-0.15, -0.1) is 11.6 Å². The van der Waals surface area contributed by atoms with Crippen LogP contribution < -0.4 is 4.74 Å². The number of benzene rings is 2. The molecular weight excluding hydrogens is 275 g/mol. The zero-order chi connectivity index (χ0) is 14.7. The van der Waals surface area contributed by atoms with Gasteiger partial charge in [0, 0.05) is 5.56 Å². The molecule has 0 aliphatic carbocycles. The molecule has 0 heterocycles. The van der Waals surface area contributed by atoms with E-state index in [1.54, 1.807) is 26.0 Å². The highest BCUT2D eigenvalue weighted by Crippen LogP contribution is 2.36. The van der Waals surface area contributed by atoms with Crippen molar-refractivity contribution in [3.05, 3.63) is 64.5 Å². The van der Waals surface area contributed by atoms with Crippen molar-refractivity contribution in [2.75, 3.05) is 6.61 Å². The fraction of sp³-hybridized carbons (Fsp3) is 0.294. The molecule has 0 aromatic heterocycles. The van der Waals surface area contributed by atoms with Gasteiger partial charge < -0.3 is 4.74 Å². The first-order chi connectivity index (χ1) is 9.54. The van der Waals surface area contributed by atoms with Crippen LogP contribution >= 0.6 is 11.6 Å². The summed E-state index contributed by atoms with van der Waals surface area (Å²) in [6.07, 6.45) is 0. The summed E-state index contributed by atoms with van der Waals surface area (Å²) in [7, 11) is 0. The molecular formula is C17H18ClFO. The Morgan fingerprint density at radius 3 is 2.35 bits per heavy atom. The normalized spacial score (nSPS) is 12.2. The third-order valence-corrected chi connectivity index (χ3v) is 3.73. The van der Waals surface area contributed by atoms with E-state index in [0.29, 0.717) is 17.7 Å². The summed E-state index contributed by atoms with van der Waals surface area (Å²) < 4.78 is 19.3.